The summed E-state index contributed by atoms with van der Waals surface area (Å²) in [5.41, 5.74) is 16.5. The first kappa shape index (κ1) is 38.1. The highest BCUT2D eigenvalue weighted by Crippen LogP contribution is 2.39. The van der Waals surface area contributed by atoms with Crippen molar-refractivity contribution in [2.45, 2.75) is 13.1 Å². The van der Waals surface area contributed by atoms with Gasteiger partial charge in [-0.2, -0.15) is 0 Å². The predicted molar refractivity (Wildman–Crippen MR) is 233 cm³/mol. The highest BCUT2D eigenvalue weighted by atomic mass is 19.1. The number of halogens is 1. The van der Waals surface area contributed by atoms with Gasteiger partial charge >= 0.3 is 12.0 Å². The van der Waals surface area contributed by atoms with Crippen molar-refractivity contribution in [3.8, 4) is 22.9 Å². The second-order valence-corrected chi connectivity index (χ2v) is 14.5. The Balaban J connectivity index is 1.23. The second kappa shape index (κ2) is 15.1. The van der Waals surface area contributed by atoms with Crippen LogP contribution in [0, 0.1) is 16.6 Å². The van der Waals surface area contributed by atoms with Crippen molar-refractivity contribution in [2.24, 2.45) is 11.5 Å². The topological polar surface area (TPSA) is 211 Å². The highest BCUT2D eigenvalue weighted by molar-refractivity contribution is 6.12. The quantitative estimate of drug-likeness (QED) is 0.0555. The van der Waals surface area contributed by atoms with E-state index in [4.69, 9.17) is 27.0 Å². The first-order valence-corrected chi connectivity index (χ1v) is 19.1. The number of fused-ring (bicyclic) bond motifs is 4. The molecule has 0 unspecified atom stereocenters. The number of nitrogens with one attached hydrogen (secondary N) is 3. The molecule has 0 spiro atoms. The summed E-state index contributed by atoms with van der Waals surface area (Å²) in [6, 6.07) is 34.8. The van der Waals surface area contributed by atoms with Crippen LogP contribution >= 0.6 is 0 Å². The van der Waals surface area contributed by atoms with Gasteiger partial charge < -0.3 is 35.8 Å². The van der Waals surface area contributed by atoms with Gasteiger partial charge in [0.15, 0.2) is 11.5 Å². The zero-order valence-electron chi connectivity index (χ0n) is 32.5. The molecule has 0 fully saturated rings. The fourth-order valence-corrected chi connectivity index (χ4v) is 8.15. The molecule has 0 bridgehead atoms. The van der Waals surface area contributed by atoms with Crippen LogP contribution in [0.5, 0.6) is 11.8 Å². The molecule has 3 aromatic heterocycles. The lowest BCUT2D eigenvalue weighted by molar-refractivity contribution is 0.0680. The van der Waals surface area contributed by atoms with Gasteiger partial charge in [0.25, 0.3) is 5.91 Å². The van der Waals surface area contributed by atoms with Crippen LogP contribution in [0.4, 0.5) is 4.39 Å². The fraction of sp³-hybridized carbons (Fsp3) is 0.0638. The van der Waals surface area contributed by atoms with Crippen LogP contribution in [0.25, 0.3) is 54.5 Å². The number of carbonyl (C=O) groups excluding carboxylic acids is 1. The minimum absolute atomic E-state index is 0.0164. The van der Waals surface area contributed by atoms with E-state index in [1.165, 1.54) is 22.8 Å². The lowest BCUT2D eigenvalue weighted by Crippen LogP contribution is -2.22. The SMILES string of the molecule is CNC(=O)c1cc2c(-c3cccc4c(Cn5c(C(=O)O)c(F)c6ccc(C(=N)N)cc65)cccc34)cc(C(=N)N)cc2n1Cc1cc(Oc2ncccn2)cc2ccccc12. The minimum atomic E-state index is -1.43. The van der Waals surface area contributed by atoms with Crippen LogP contribution in [-0.4, -0.2) is 54.8 Å². The predicted octanol–water partition coefficient (Wildman–Crippen LogP) is 8.01. The number of nitrogens with two attached hydrogens (primary N) is 2. The van der Waals surface area contributed by atoms with Crippen LogP contribution in [0.1, 0.15) is 43.2 Å². The van der Waals surface area contributed by atoms with E-state index in [0.29, 0.717) is 39.2 Å². The summed E-state index contributed by atoms with van der Waals surface area (Å²) < 4.78 is 25.1. The van der Waals surface area contributed by atoms with Crippen LogP contribution in [-0.2, 0) is 13.1 Å². The molecular weight excluding hydrogens is 774 g/mol. The van der Waals surface area contributed by atoms with Crippen LogP contribution in [0.15, 0.2) is 128 Å². The van der Waals surface area contributed by atoms with E-state index in [0.717, 1.165) is 38.1 Å². The lowest BCUT2D eigenvalue weighted by atomic mass is 9.92. The zero-order chi connectivity index (χ0) is 42.5. The number of nitrogen functional groups attached to an aromatic ring is 2. The number of amides is 1. The molecule has 13 nitrogen and oxygen atoms in total. The number of aromatic nitrogens is 4. The maximum Gasteiger partial charge on any atom is 0.355 e. The van der Waals surface area contributed by atoms with E-state index >= 15 is 4.39 Å². The summed E-state index contributed by atoms with van der Waals surface area (Å²) in [5.74, 6) is -2.53. The fourth-order valence-electron chi connectivity index (χ4n) is 8.15. The summed E-state index contributed by atoms with van der Waals surface area (Å²) in [6.45, 7) is 0.218. The number of benzene rings is 6. The average Bonchev–Trinajstić information content (AvgIpc) is 3.76. The smallest absolute Gasteiger partial charge is 0.355 e. The van der Waals surface area contributed by atoms with Gasteiger partial charge in [0.1, 0.15) is 23.1 Å². The number of carboxylic acid groups (broad SMARTS) is 1. The van der Waals surface area contributed by atoms with Crippen molar-refractivity contribution < 1.29 is 23.8 Å². The van der Waals surface area contributed by atoms with Crippen molar-refractivity contribution in [3.63, 3.8) is 0 Å². The minimum Gasteiger partial charge on any atom is -0.476 e. The van der Waals surface area contributed by atoms with Gasteiger partial charge in [-0.05, 0) is 92.3 Å². The van der Waals surface area contributed by atoms with Crippen LogP contribution in [0.3, 0.4) is 0 Å². The van der Waals surface area contributed by atoms with E-state index in [1.54, 1.807) is 31.6 Å². The lowest BCUT2D eigenvalue weighted by Gasteiger charge is -2.16. The summed E-state index contributed by atoms with van der Waals surface area (Å²) in [4.78, 5) is 34.7. The molecule has 300 valence electrons. The Kier molecular flexibility index (Phi) is 9.43. The first-order chi connectivity index (χ1) is 29.5. The molecule has 0 saturated carbocycles. The highest BCUT2D eigenvalue weighted by Gasteiger charge is 2.25. The molecule has 0 aliphatic rings. The standard InChI is InChI=1S/C47H36FN9O4/c1-53-45(58)40-22-37-36(19-28(44(51)52)21-39(37)56(40)24-29-18-30(61-47-54-15-6-16-55-47)17-25-7-2-3-9-31(25)29)34-12-5-10-32-27(8-4-11-33(32)34)23-57-38-20-26(43(49)50)13-14-35(38)41(48)42(57)46(59)60/h2-22H,23-24H2,1H3,(H3,49,50)(H3,51,52)(H,53,58)(H,59,60). The summed E-state index contributed by atoms with van der Waals surface area (Å²) >= 11 is 0. The van der Waals surface area contributed by atoms with E-state index in [9.17, 15) is 14.7 Å². The van der Waals surface area contributed by atoms with Crippen LogP contribution in [0.2, 0.25) is 0 Å². The number of hydrogen-bond acceptors (Lipinski definition) is 7. The molecule has 61 heavy (non-hydrogen) atoms. The molecule has 8 N–H and O–H groups in total. The van der Waals surface area contributed by atoms with Crippen LogP contribution < -0.4 is 21.5 Å². The van der Waals surface area contributed by atoms with Gasteiger partial charge in [-0.1, -0.05) is 66.7 Å². The molecule has 1 amide bonds. The largest absolute Gasteiger partial charge is 0.476 e. The molecule has 9 aromatic rings. The molecule has 0 saturated heterocycles. The van der Waals surface area contributed by atoms with E-state index in [1.807, 2.05) is 89.5 Å². The Bertz CT molecular complexity index is 3300. The third-order valence-corrected chi connectivity index (χ3v) is 10.9. The summed E-state index contributed by atoms with van der Waals surface area (Å²) in [5, 5.41) is 33.7. The molecule has 0 aliphatic heterocycles. The first-order valence-electron chi connectivity index (χ1n) is 19.1. The maximum absolute atomic E-state index is 15.7. The van der Waals surface area contributed by atoms with Gasteiger partial charge in [0, 0.05) is 54.4 Å². The van der Waals surface area contributed by atoms with Gasteiger partial charge in [0.05, 0.1) is 11.0 Å². The number of rotatable bonds is 11. The molecule has 3 heterocycles. The van der Waals surface area contributed by atoms with Crippen molar-refractivity contribution in [1.29, 1.82) is 10.8 Å². The monoisotopic (exact) mass is 809 g/mol. The molecule has 0 atom stereocenters. The second-order valence-electron chi connectivity index (χ2n) is 14.5. The summed E-state index contributed by atoms with van der Waals surface area (Å²) in [6.07, 6.45) is 3.19. The van der Waals surface area contributed by atoms with E-state index < -0.39 is 17.5 Å². The Morgan fingerprint density at radius 3 is 2.15 bits per heavy atom. The number of nitrogens with zero attached hydrogens (tertiary/aromatic N) is 4. The number of hydrogen-bond donors (Lipinski definition) is 6. The van der Waals surface area contributed by atoms with Crippen molar-refractivity contribution in [1.82, 2.24) is 24.4 Å². The Labute approximate surface area is 346 Å². The van der Waals surface area contributed by atoms with Crippen molar-refractivity contribution in [3.05, 3.63) is 167 Å². The van der Waals surface area contributed by atoms with Gasteiger partial charge in [-0.15, -0.1) is 0 Å². The maximum atomic E-state index is 15.7. The number of amidine groups is 2. The molecule has 9 rings (SSSR count). The molecule has 0 radical (unpaired) electrons. The van der Waals surface area contributed by atoms with E-state index in [-0.39, 0.29) is 47.6 Å². The average molecular weight is 810 g/mol. The number of carbonyl (C=O) groups is 2. The van der Waals surface area contributed by atoms with Crippen molar-refractivity contribution in [2.75, 3.05) is 7.05 Å². The number of aromatic carboxylic acids is 1. The zero-order valence-corrected chi connectivity index (χ0v) is 32.5. The molecule has 0 aliphatic carbocycles. The van der Waals surface area contributed by atoms with Crippen molar-refractivity contribution >= 4 is 66.9 Å². The van der Waals surface area contributed by atoms with Gasteiger partial charge in [-0.3, -0.25) is 15.6 Å². The summed E-state index contributed by atoms with van der Waals surface area (Å²) in [7, 11) is 1.57. The normalized spacial score (nSPS) is 11.4. The Morgan fingerprint density at radius 1 is 0.705 bits per heavy atom. The third-order valence-electron chi connectivity index (χ3n) is 10.9. The Hall–Kier alpha value is -8.39. The van der Waals surface area contributed by atoms with E-state index in [2.05, 4.69) is 15.3 Å². The van der Waals surface area contributed by atoms with Gasteiger partial charge in [-0.25, -0.2) is 19.2 Å². The molecule has 14 heteroatoms. The third kappa shape index (κ3) is 6.71. The number of carboxylic acids is 1. The Morgan fingerprint density at radius 2 is 1.39 bits per heavy atom. The molecule has 6 aromatic carbocycles. The molecular formula is C47H36FN9O4. The van der Waals surface area contributed by atoms with Gasteiger partial charge in [0.2, 0.25) is 0 Å². The number of ether oxygens (including phenoxy) is 1.